The van der Waals surface area contributed by atoms with Gasteiger partial charge in [-0.1, -0.05) is 37.6 Å². The molecule has 0 radical (unpaired) electrons. The normalized spacial score (nSPS) is 31.0. The average molecular weight is 272 g/mol. The van der Waals surface area contributed by atoms with Crippen LogP contribution in [0.5, 0.6) is 0 Å². The van der Waals surface area contributed by atoms with Crippen LogP contribution < -0.4 is 5.73 Å². The first-order valence-electron chi connectivity index (χ1n) is 8.37. The highest BCUT2D eigenvalue weighted by molar-refractivity contribution is 5.37. The molecule has 2 N–H and O–H groups in total. The average Bonchev–Trinajstić information content (AvgIpc) is 2.54. The van der Waals surface area contributed by atoms with Gasteiger partial charge in [0.2, 0.25) is 0 Å². The summed E-state index contributed by atoms with van der Waals surface area (Å²) in [6.45, 7) is 4.33. The van der Waals surface area contributed by atoms with Crippen molar-refractivity contribution >= 4 is 0 Å². The van der Waals surface area contributed by atoms with E-state index in [4.69, 9.17) is 5.73 Å². The second-order valence-electron chi connectivity index (χ2n) is 6.50. The van der Waals surface area contributed by atoms with E-state index in [2.05, 4.69) is 36.1 Å². The molecule has 1 aliphatic carbocycles. The first-order chi connectivity index (χ1) is 9.81. The van der Waals surface area contributed by atoms with E-state index in [0.717, 1.165) is 12.6 Å². The molecule has 1 aliphatic heterocycles. The topological polar surface area (TPSA) is 29.3 Å². The summed E-state index contributed by atoms with van der Waals surface area (Å²) in [6, 6.07) is 9.74. The molecular formula is C18H28N2. The summed E-state index contributed by atoms with van der Waals surface area (Å²) in [6.07, 6.45) is 9.06. The van der Waals surface area contributed by atoms with Crippen LogP contribution in [0.4, 0.5) is 0 Å². The van der Waals surface area contributed by atoms with Crippen LogP contribution in [-0.2, 0) is 12.0 Å². The maximum atomic E-state index is 6.36. The van der Waals surface area contributed by atoms with Crippen molar-refractivity contribution in [1.82, 2.24) is 4.90 Å². The van der Waals surface area contributed by atoms with Gasteiger partial charge in [-0.3, -0.25) is 4.90 Å². The molecule has 2 heteroatoms. The highest BCUT2D eigenvalue weighted by atomic mass is 15.2. The predicted octanol–water partition coefficient (Wildman–Crippen LogP) is 3.44. The molecule has 0 aromatic heterocycles. The third-order valence-corrected chi connectivity index (χ3v) is 5.54. The summed E-state index contributed by atoms with van der Waals surface area (Å²) in [4.78, 5) is 2.77. The van der Waals surface area contributed by atoms with Crippen molar-refractivity contribution in [3.63, 3.8) is 0 Å². The van der Waals surface area contributed by atoms with E-state index >= 15 is 0 Å². The molecule has 3 rings (SSSR count). The number of hydrogen-bond acceptors (Lipinski definition) is 2. The summed E-state index contributed by atoms with van der Waals surface area (Å²) in [7, 11) is 0. The van der Waals surface area contributed by atoms with Crippen LogP contribution in [0, 0.1) is 0 Å². The molecular weight excluding hydrogens is 244 g/mol. The molecule has 1 aromatic carbocycles. The fraction of sp³-hybridized carbons (Fsp3) is 0.667. The third-order valence-electron chi connectivity index (χ3n) is 5.54. The highest BCUT2D eigenvalue weighted by Gasteiger charge is 2.43. The van der Waals surface area contributed by atoms with Crippen molar-refractivity contribution < 1.29 is 0 Å². The van der Waals surface area contributed by atoms with Gasteiger partial charge in [-0.05, 0) is 56.2 Å². The first kappa shape index (κ1) is 14.1. The molecule has 0 saturated carbocycles. The van der Waals surface area contributed by atoms with E-state index in [9.17, 15) is 0 Å². The number of likely N-dealkylation sites (tertiary alicyclic amines) is 1. The number of hydrogen-bond donors (Lipinski definition) is 1. The molecule has 1 saturated heterocycles. The Morgan fingerprint density at radius 2 is 2.10 bits per heavy atom. The van der Waals surface area contributed by atoms with Gasteiger partial charge in [0.25, 0.3) is 0 Å². The standard InChI is InChI=1S/C18H28N2/c1-2-16-10-5-6-13-20(16)18(14-19)12-7-9-15-8-3-4-11-17(15)18/h3-4,8,11,16H,2,5-7,9-10,12-14,19H2,1H3. The summed E-state index contributed by atoms with van der Waals surface area (Å²) in [5.74, 6) is 0. The summed E-state index contributed by atoms with van der Waals surface area (Å²) in [5, 5.41) is 0. The molecule has 0 amide bonds. The van der Waals surface area contributed by atoms with Crippen LogP contribution in [-0.4, -0.2) is 24.0 Å². The van der Waals surface area contributed by atoms with Crippen LogP contribution >= 0.6 is 0 Å². The van der Waals surface area contributed by atoms with Crippen molar-refractivity contribution in [3.8, 4) is 0 Å². The Labute approximate surface area is 123 Å². The van der Waals surface area contributed by atoms with Crippen molar-refractivity contribution in [1.29, 1.82) is 0 Å². The second-order valence-corrected chi connectivity index (χ2v) is 6.50. The number of fused-ring (bicyclic) bond motifs is 1. The van der Waals surface area contributed by atoms with Gasteiger partial charge in [0.15, 0.2) is 0 Å². The lowest BCUT2D eigenvalue weighted by molar-refractivity contribution is 0.00522. The Kier molecular flexibility index (Phi) is 4.13. The van der Waals surface area contributed by atoms with Gasteiger partial charge in [0, 0.05) is 12.6 Å². The van der Waals surface area contributed by atoms with Crippen LogP contribution in [0.1, 0.15) is 56.6 Å². The van der Waals surface area contributed by atoms with Gasteiger partial charge in [0.05, 0.1) is 5.54 Å². The highest BCUT2D eigenvalue weighted by Crippen LogP contribution is 2.42. The summed E-state index contributed by atoms with van der Waals surface area (Å²) in [5.41, 5.74) is 9.52. The number of rotatable bonds is 3. The number of benzene rings is 1. The van der Waals surface area contributed by atoms with Crippen LogP contribution in [0.2, 0.25) is 0 Å². The zero-order chi connectivity index (χ0) is 14.0. The van der Waals surface area contributed by atoms with E-state index in [1.54, 1.807) is 0 Å². The predicted molar refractivity (Wildman–Crippen MR) is 84.7 cm³/mol. The lowest BCUT2D eigenvalue weighted by Gasteiger charge is -2.52. The van der Waals surface area contributed by atoms with E-state index < -0.39 is 0 Å². The monoisotopic (exact) mass is 272 g/mol. The molecule has 2 unspecified atom stereocenters. The molecule has 2 aliphatic rings. The maximum Gasteiger partial charge on any atom is 0.0588 e. The van der Waals surface area contributed by atoms with Crippen LogP contribution in [0.3, 0.4) is 0 Å². The third kappa shape index (κ3) is 2.19. The van der Waals surface area contributed by atoms with Gasteiger partial charge in [0.1, 0.15) is 0 Å². The number of aryl methyl sites for hydroxylation is 1. The Hall–Kier alpha value is -0.860. The largest absolute Gasteiger partial charge is 0.328 e. The van der Waals surface area contributed by atoms with Crippen molar-refractivity contribution in [2.45, 2.75) is 63.5 Å². The SMILES string of the molecule is CCC1CCCCN1C1(CN)CCCc2ccccc21. The van der Waals surface area contributed by atoms with Gasteiger partial charge >= 0.3 is 0 Å². The van der Waals surface area contributed by atoms with Crippen molar-refractivity contribution in [2.75, 3.05) is 13.1 Å². The van der Waals surface area contributed by atoms with Gasteiger partial charge in [-0.2, -0.15) is 0 Å². The molecule has 20 heavy (non-hydrogen) atoms. The quantitative estimate of drug-likeness (QED) is 0.913. The van der Waals surface area contributed by atoms with Crippen LogP contribution in [0.15, 0.2) is 24.3 Å². The minimum absolute atomic E-state index is 0.107. The molecule has 1 fully saturated rings. The Morgan fingerprint density at radius 3 is 2.90 bits per heavy atom. The zero-order valence-electron chi connectivity index (χ0n) is 12.8. The second kappa shape index (κ2) is 5.87. The number of piperidine rings is 1. The molecule has 2 nitrogen and oxygen atoms in total. The number of nitrogens with two attached hydrogens (primary N) is 1. The maximum absolute atomic E-state index is 6.36. The Morgan fingerprint density at radius 1 is 1.25 bits per heavy atom. The Bertz CT molecular complexity index is 456. The van der Waals surface area contributed by atoms with Gasteiger partial charge in [-0.15, -0.1) is 0 Å². The molecule has 1 aromatic rings. The van der Waals surface area contributed by atoms with Gasteiger partial charge < -0.3 is 5.73 Å². The minimum atomic E-state index is 0.107. The summed E-state index contributed by atoms with van der Waals surface area (Å²) < 4.78 is 0. The zero-order valence-corrected chi connectivity index (χ0v) is 12.8. The van der Waals surface area contributed by atoms with E-state index in [1.165, 1.54) is 62.6 Å². The lowest BCUT2D eigenvalue weighted by Crippen LogP contribution is -2.58. The molecule has 2 atom stereocenters. The van der Waals surface area contributed by atoms with E-state index in [-0.39, 0.29) is 5.54 Å². The fourth-order valence-electron chi connectivity index (χ4n) is 4.51. The molecule has 0 bridgehead atoms. The van der Waals surface area contributed by atoms with Crippen molar-refractivity contribution in [2.24, 2.45) is 5.73 Å². The minimum Gasteiger partial charge on any atom is -0.328 e. The molecule has 110 valence electrons. The summed E-state index contributed by atoms with van der Waals surface area (Å²) >= 11 is 0. The first-order valence-corrected chi connectivity index (χ1v) is 8.37. The molecule has 0 spiro atoms. The smallest absolute Gasteiger partial charge is 0.0588 e. The van der Waals surface area contributed by atoms with Gasteiger partial charge in [-0.25, -0.2) is 0 Å². The number of nitrogens with zero attached hydrogens (tertiary/aromatic N) is 1. The Balaban J connectivity index is 2.03. The van der Waals surface area contributed by atoms with E-state index in [1.807, 2.05) is 0 Å². The van der Waals surface area contributed by atoms with Crippen LogP contribution in [0.25, 0.3) is 0 Å². The fourth-order valence-corrected chi connectivity index (χ4v) is 4.51. The lowest BCUT2D eigenvalue weighted by atomic mass is 9.73. The van der Waals surface area contributed by atoms with E-state index in [0.29, 0.717) is 0 Å². The van der Waals surface area contributed by atoms with Crippen molar-refractivity contribution in [3.05, 3.63) is 35.4 Å². The molecule has 1 heterocycles.